The number of nitrogens with two attached hydrogens (primary N) is 2. The Bertz CT molecular complexity index is 658. The van der Waals surface area contributed by atoms with Gasteiger partial charge < -0.3 is 11.5 Å². The molecule has 0 unspecified atom stereocenters. The molecular weight excluding hydrogens is 244 g/mol. The number of hydrogen-bond donors (Lipinski definition) is 2. The summed E-state index contributed by atoms with van der Waals surface area (Å²) in [7, 11) is 0. The van der Waals surface area contributed by atoms with Crippen molar-refractivity contribution in [3.63, 3.8) is 0 Å². The highest BCUT2D eigenvalue weighted by Gasteiger charge is 2.10. The molecule has 3 aromatic rings. The number of benzene rings is 3. The summed E-state index contributed by atoms with van der Waals surface area (Å²) in [5, 5.41) is 0. The first-order valence-electron chi connectivity index (χ1n) is 6.55. The van der Waals surface area contributed by atoms with Crippen molar-refractivity contribution >= 4 is 11.4 Å². The van der Waals surface area contributed by atoms with E-state index < -0.39 is 0 Å². The Labute approximate surface area is 118 Å². The lowest BCUT2D eigenvalue weighted by Crippen LogP contribution is -1.97. The molecule has 0 fully saturated rings. The van der Waals surface area contributed by atoms with Gasteiger partial charge in [0.2, 0.25) is 0 Å². The van der Waals surface area contributed by atoms with Crippen LogP contribution in [-0.2, 0) is 0 Å². The Kier molecular flexibility index (Phi) is 3.13. The summed E-state index contributed by atoms with van der Waals surface area (Å²) in [6.45, 7) is 0. The fourth-order valence-electron chi connectivity index (χ4n) is 2.39. The fourth-order valence-corrected chi connectivity index (χ4v) is 2.39. The number of anilines is 2. The lowest BCUT2D eigenvalue weighted by Gasteiger charge is -2.13. The van der Waals surface area contributed by atoms with Gasteiger partial charge in [-0.2, -0.15) is 0 Å². The van der Waals surface area contributed by atoms with Gasteiger partial charge in [0, 0.05) is 22.5 Å². The van der Waals surface area contributed by atoms with E-state index in [1.807, 2.05) is 72.8 Å². The molecule has 3 aromatic carbocycles. The molecule has 0 atom stereocenters. The zero-order chi connectivity index (χ0) is 13.9. The van der Waals surface area contributed by atoms with Crippen molar-refractivity contribution in [2.75, 3.05) is 11.5 Å². The average Bonchev–Trinajstić information content (AvgIpc) is 2.51. The molecule has 0 aliphatic heterocycles. The van der Waals surface area contributed by atoms with E-state index in [4.69, 9.17) is 11.5 Å². The predicted molar refractivity (Wildman–Crippen MR) is 86.1 cm³/mol. The van der Waals surface area contributed by atoms with E-state index in [-0.39, 0.29) is 0 Å². The molecule has 0 heterocycles. The second-order valence-electron chi connectivity index (χ2n) is 4.76. The minimum absolute atomic E-state index is 0.719. The highest BCUT2D eigenvalue weighted by Crippen LogP contribution is 2.36. The van der Waals surface area contributed by atoms with Crippen molar-refractivity contribution in [2.24, 2.45) is 0 Å². The first kappa shape index (κ1) is 12.3. The van der Waals surface area contributed by atoms with Crippen LogP contribution < -0.4 is 11.5 Å². The van der Waals surface area contributed by atoms with Crippen molar-refractivity contribution in [1.29, 1.82) is 0 Å². The van der Waals surface area contributed by atoms with Crippen LogP contribution in [0.2, 0.25) is 0 Å². The summed E-state index contributed by atoms with van der Waals surface area (Å²) in [4.78, 5) is 0. The maximum absolute atomic E-state index is 6.36. The predicted octanol–water partition coefficient (Wildman–Crippen LogP) is 4.19. The van der Waals surface area contributed by atoms with Crippen molar-refractivity contribution in [2.45, 2.75) is 0 Å². The normalized spacial score (nSPS) is 10.4. The molecule has 0 bridgehead atoms. The quantitative estimate of drug-likeness (QED) is 0.679. The highest BCUT2D eigenvalue weighted by atomic mass is 14.6. The van der Waals surface area contributed by atoms with E-state index in [0.717, 1.165) is 33.6 Å². The Morgan fingerprint density at radius 3 is 1.35 bits per heavy atom. The van der Waals surface area contributed by atoms with Crippen molar-refractivity contribution in [3.8, 4) is 22.3 Å². The van der Waals surface area contributed by atoms with Crippen LogP contribution >= 0.6 is 0 Å². The van der Waals surface area contributed by atoms with Crippen LogP contribution in [0.1, 0.15) is 0 Å². The summed E-state index contributed by atoms with van der Waals surface area (Å²) in [6.07, 6.45) is 0. The first-order chi connectivity index (χ1) is 9.75. The van der Waals surface area contributed by atoms with Gasteiger partial charge in [0.05, 0.1) is 0 Å². The smallest absolute Gasteiger partial charge is 0.0474 e. The second-order valence-corrected chi connectivity index (χ2v) is 4.76. The van der Waals surface area contributed by atoms with Crippen LogP contribution in [0.4, 0.5) is 11.4 Å². The third-order valence-electron chi connectivity index (χ3n) is 3.37. The maximum Gasteiger partial charge on any atom is 0.0474 e. The van der Waals surface area contributed by atoms with E-state index >= 15 is 0 Å². The molecule has 2 heteroatoms. The molecule has 2 nitrogen and oxygen atoms in total. The third kappa shape index (κ3) is 2.24. The van der Waals surface area contributed by atoms with Gasteiger partial charge in [-0.05, 0) is 23.3 Å². The van der Waals surface area contributed by atoms with E-state index in [1.165, 1.54) is 0 Å². The molecule has 0 aliphatic rings. The Balaban J connectivity index is 2.22. The summed E-state index contributed by atoms with van der Waals surface area (Å²) in [6, 6.07) is 24.0. The van der Waals surface area contributed by atoms with E-state index in [9.17, 15) is 0 Å². The van der Waals surface area contributed by atoms with Gasteiger partial charge in [-0.25, -0.2) is 0 Å². The Morgan fingerprint density at radius 2 is 0.950 bits per heavy atom. The third-order valence-corrected chi connectivity index (χ3v) is 3.37. The monoisotopic (exact) mass is 260 g/mol. The van der Waals surface area contributed by atoms with Gasteiger partial charge in [0.15, 0.2) is 0 Å². The van der Waals surface area contributed by atoms with Crippen LogP contribution in [0.5, 0.6) is 0 Å². The Morgan fingerprint density at radius 1 is 0.550 bits per heavy atom. The van der Waals surface area contributed by atoms with Gasteiger partial charge in [0.25, 0.3) is 0 Å². The SMILES string of the molecule is Nc1cc(-c2ccccc2)c(N)c(-c2ccccc2)c1. The molecule has 4 N–H and O–H groups in total. The average molecular weight is 260 g/mol. The zero-order valence-corrected chi connectivity index (χ0v) is 11.1. The number of hydrogen-bond acceptors (Lipinski definition) is 2. The molecule has 0 aromatic heterocycles. The highest BCUT2D eigenvalue weighted by molar-refractivity contribution is 5.91. The van der Waals surface area contributed by atoms with Crippen LogP contribution in [0, 0.1) is 0 Å². The molecule has 0 aliphatic carbocycles. The van der Waals surface area contributed by atoms with Crippen LogP contribution in [-0.4, -0.2) is 0 Å². The molecule has 20 heavy (non-hydrogen) atoms. The standard InChI is InChI=1S/C18H16N2/c19-15-11-16(13-7-3-1-4-8-13)18(20)17(12-15)14-9-5-2-6-10-14/h1-12H,19-20H2. The molecule has 0 spiro atoms. The Hall–Kier alpha value is -2.74. The maximum atomic E-state index is 6.36. The van der Waals surface area contributed by atoms with E-state index in [2.05, 4.69) is 0 Å². The summed E-state index contributed by atoms with van der Waals surface area (Å²) in [5.74, 6) is 0. The van der Waals surface area contributed by atoms with Crippen LogP contribution in [0.25, 0.3) is 22.3 Å². The molecule has 0 radical (unpaired) electrons. The summed E-state index contributed by atoms with van der Waals surface area (Å²) in [5.41, 5.74) is 18.0. The largest absolute Gasteiger partial charge is 0.399 e. The van der Waals surface area contributed by atoms with Gasteiger partial charge >= 0.3 is 0 Å². The summed E-state index contributed by atoms with van der Waals surface area (Å²) < 4.78 is 0. The minimum Gasteiger partial charge on any atom is -0.399 e. The lowest BCUT2D eigenvalue weighted by atomic mass is 9.95. The van der Waals surface area contributed by atoms with Gasteiger partial charge in [0.1, 0.15) is 0 Å². The molecular formula is C18H16N2. The summed E-state index contributed by atoms with van der Waals surface area (Å²) >= 11 is 0. The van der Waals surface area contributed by atoms with Crippen molar-refractivity contribution in [3.05, 3.63) is 72.8 Å². The van der Waals surface area contributed by atoms with Crippen LogP contribution in [0.15, 0.2) is 72.8 Å². The lowest BCUT2D eigenvalue weighted by molar-refractivity contribution is 1.57. The minimum atomic E-state index is 0.719. The molecule has 0 amide bonds. The van der Waals surface area contributed by atoms with Crippen molar-refractivity contribution < 1.29 is 0 Å². The zero-order valence-electron chi connectivity index (χ0n) is 11.1. The second kappa shape index (κ2) is 5.10. The molecule has 98 valence electrons. The molecule has 3 rings (SSSR count). The topological polar surface area (TPSA) is 52.0 Å². The fraction of sp³-hybridized carbons (Fsp3) is 0. The molecule has 0 saturated carbocycles. The number of nitrogen functional groups attached to an aromatic ring is 2. The van der Waals surface area contributed by atoms with E-state index in [0.29, 0.717) is 0 Å². The van der Waals surface area contributed by atoms with Gasteiger partial charge in [-0.3, -0.25) is 0 Å². The molecule has 0 saturated heterocycles. The van der Waals surface area contributed by atoms with Crippen LogP contribution in [0.3, 0.4) is 0 Å². The first-order valence-corrected chi connectivity index (χ1v) is 6.55. The van der Waals surface area contributed by atoms with Crippen molar-refractivity contribution in [1.82, 2.24) is 0 Å². The van der Waals surface area contributed by atoms with E-state index in [1.54, 1.807) is 0 Å². The number of rotatable bonds is 2. The van der Waals surface area contributed by atoms with Gasteiger partial charge in [-0.1, -0.05) is 60.7 Å². The van der Waals surface area contributed by atoms with Gasteiger partial charge in [-0.15, -0.1) is 0 Å².